The molecule has 0 radical (unpaired) electrons. The molecule has 5 rings (SSSR count). The fraction of sp³-hybridized carbons (Fsp3) is 0.367. The Bertz CT molecular complexity index is 1380. The Kier molecular flexibility index (Phi) is 8.68. The van der Waals surface area contributed by atoms with E-state index in [1.807, 2.05) is 4.90 Å². The number of ether oxygens (including phenoxy) is 1. The molecule has 3 aromatic rings. The molecule has 11 heteroatoms. The van der Waals surface area contributed by atoms with E-state index in [-0.39, 0.29) is 41.6 Å². The number of amides is 2. The van der Waals surface area contributed by atoms with Gasteiger partial charge in [-0.25, -0.2) is 22.9 Å². The van der Waals surface area contributed by atoms with Crippen molar-refractivity contribution in [2.45, 2.75) is 31.7 Å². The molecule has 3 heterocycles. The number of pyridine rings is 1. The number of benzene rings is 2. The molecule has 2 aliphatic heterocycles. The van der Waals surface area contributed by atoms with Gasteiger partial charge in [-0.15, -0.1) is 0 Å². The largest absolute Gasteiger partial charge is 0.415 e. The molecule has 7 nitrogen and oxygen atoms in total. The standard InChI is InChI=1S/C30H30ClF3N4O3/c1-2-38(30(40)41-23-7-4-21(32)5-8-23)27-18-37(17-24(27)20-3-9-25(31)26(34)15-20)29(39)19-11-13-36(14-12-19)28-10-6-22(33)16-35-28/h3-10,15-16,19,24,27H,2,11-14,17-18H2,1H3. The monoisotopic (exact) mass is 586 g/mol. The minimum Gasteiger partial charge on any atom is -0.410 e. The number of piperidine rings is 1. The highest BCUT2D eigenvalue weighted by atomic mass is 35.5. The number of hydrogen-bond acceptors (Lipinski definition) is 5. The minimum atomic E-state index is -0.641. The average molecular weight is 587 g/mol. The van der Waals surface area contributed by atoms with Crippen LogP contribution in [0, 0.1) is 23.4 Å². The number of nitrogens with zero attached hydrogens (tertiary/aromatic N) is 4. The van der Waals surface area contributed by atoms with Gasteiger partial charge in [0.25, 0.3) is 0 Å². The summed E-state index contributed by atoms with van der Waals surface area (Å²) in [4.78, 5) is 36.4. The number of rotatable bonds is 6. The molecule has 2 atom stereocenters. The van der Waals surface area contributed by atoms with Gasteiger partial charge in [-0.1, -0.05) is 17.7 Å². The Morgan fingerprint density at radius 1 is 1.00 bits per heavy atom. The summed E-state index contributed by atoms with van der Waals surface area (Å²) in [7, 11) is 0. The van der Waals surface area contributed by atoms with Gasteiger partial charge in [0.2, 0.25) is 5.91 Å². The van der Waals surface area contributed by atoms with Crippen LogP contribution in [0.3, 0.4) is 0 Å². The molecule has 2 saturated heterocycles. The van der Waals surface area contributed by atoms with Crippen molar-refractivity contribution in [2.24, 2.45) is 5.92 Å². The van der Waals surface area contributed by atoms with E-state index in [0.717, 1.165) is 0 Å². The molecule has 2 amide bonds. The van der Waals surface area contributed by atoms with E-state index in [0.29, 0.717) is 43.9 Å². The lowest BCUT2D eigenvalue weighted by molar-refractivity contribution is -0.135. The second-order valence-corrected chi connectivity index (χ2v) is 10.7. The van der Waals surface area contributed by atoms with Gasteiger partial charge in [-0.2, -0.15) is 0 Å². The van der Waals surface area contributed by atoms with Crippen LogP contribution in [0.15, 0.2) is 60.8 Å². The van der Waals surface area contributed by atoms with Crippen LogP contribution in [-0.2, 0) is 4.79 Å². The molecule has 0 aliphatic carbocycles. The summed E-state index contributed by atoms with van der Waals surface area (Å²) in [6.07, 6.45) is 1.74. The van der Waals surface area contributed by atoms with Crippen molar-refractivity contribution in [3.8, 4) is 5.75 Å². The van der Waals surface area contributed by atoms with Crippen molar-refractivity contribution in [1.29, 1.82) is 0 Å². The van der Waals surface area contributed by atoms with E-state index in [2.05, 4.69) is 4.98 Å². The number of anilines is 1. The number of hydrogen-bond donors (Lipinski definition) is 0. The van der Waals surface area contributed by atoms with Crippen LogP contribution in [0.5, 0.6) is 5.75 Å². The van der Waals surface area contributed by atoms with Crippen LogP contribution < -0.4 is 9.64 Å². The third-order valence-corrected chi connectivity index (χ3v) is 8.15. The lowest BCUT2D eigenvalue weighted by Crippen LogP contribution is -2.47. The molecule has 2 aliphatic rings. The third kappa shape index (κ3) is 6.43. The van der Waals surface area contributed by atoms with Crippen molar-refractivity contribution in [2.75, 3.05) is 37.6 Å². The zero-order chi connectivity index (χ0) is 29.1. The smallest absolute Gasteiger partial charge is 0.410 e. The van der Waals surface area contributed by atoms with E-state index in [1.165, 1.54) is 53.6 Å². The van der Waals surface area contributed by atoms with Gasteiger partial charge in [0.05, 0.1) is 17.3 Å². The number of likely N-dealkylation sites (tertiary alicyclic amines) is 1. The Labute approximate surface area is 241 Å². The first kappa shape index (κ1) is 28.7. The Morgan fingerprint density at radius 3 is 2.34 bits per heavy atom. The van der Waals surface area contributed by atoms with Crippen molar-refractivity contribution in [3.05, 3.63) is 88.8 Å². The number of aromatic nitrogens is 1. The van der Waals surface area contributed by atoms with Crippen molar-refractivity contribution in [3.63, 3.8) is 0 Å². The van der Waals surface area contributed by atoms with Gasteiger partial charge in [-0.05, 0) is 73.9 Å². The van der Waals surface area contributed by atoms with Crippen LogP contribution in [0.4, 0.5) is 23.8 Å². The average Bonchev–Trinajstić information content (AvgIpc) is 3.41. The number of likely N-dealkylation sites (N-methyl/N-ethyl adjacent to an activating group) is 1. The molecule has 0 saturated carbocycles. The maximum absolute atomic E-state index is 14.5. The first-order valence-electron chi connectivity index (χ1n) is 13.6. The molecule has 2 fully saturated rings. The fourth-order valence-corrected chi connectivity index (χ4v) is 5.80. The van der Waals surface area contributed by atoms with Gasteiger partial charge < -0.3 is 19.4 Å². The lowest BCUT2D eigenvalue weighted by Gasteiger charge is -2.34. The van der Waals surface area contributed by atoms with Gasteiger partial charge in [-0.3, -0.25) is 4.79 Å². The SMILES string of the molecule is CCN(C(=O)Oc1ccc(F)cc1)C1CN(C(=O)C2CCN(c3ccc(F)cn3)CC2)CC1c1ccc(Cl)c(F)c1. The van der Waals surface area contributed by atoms with E-state index >= 15 is 0 Å². The van der Waals surface area contributed by atoms with Gasteiger partial charge >= 0.3 is 6.09 Å². The molecule has 1 aromatic heterocycles. The molecular weight excluding hydrogens is 557 g/mol. The minimum absolute atomic E-state index is 0.0123. The first-order chi connectivity index (χ1) is 19.7. The van der Waals surface area contributed by atoms with E-state index in [9.17, 15) is 22.8 Å². The molecule has 2 aromatic carbocycles. The molecule has 0 N–H and O–H groups in total. The van der Waals surface area contributed by atoms with Crippen molar-refractivity contribution < 1.29 is 27.5 Å². The van der Waals surface area contributed by atoms with Crippen LogP contribution >= 0.6 is 11.6 Å². The zero-order valence-corrected chi connectivity index (χ0v) is 23.2. The second-order valence-electron chi connectivity index (χ2n) is 10.3. The van der Waals surface area contributed by atoms with Gasteiger partial charge in [0, 0.05) is 44.6 Å². The highest BCUT2D eigenvalue weighted by molar-refractivity contribution is 6.30. The predicted molar refractivity (Wildman–Crippen MR) is 148 cm³/mol. The number of carbonyl (C=O) groups excluding carboxylic acids is 2. The molecular formula is C30H30ClF3N4O3. The van der Waals surface area contributed by atoms with E-state index in [1.54, 1.807) is 24.0 Å². The summed E-state index contributed by atoms with van der Waals surface area (Å²) < 4.78 is 46.6. The Balaban J connectivity index is 1.33. The first-order valence-corrected chi connectivity index (χ1v) is 14.0. The fourth-order valence-electron chi connectivity index (χ4n) is 5.68. The van der Waals surface area contributed by atoms with Crippen LogP contribution in [0.25, 0.3) is 0 Å². The van der Waals surface area contributed by atoms with Crippen LogP contribution in [-0.4, -0.2) is 65.5 Å². The van der Waals surface area contributed by atoms with E-state index in [4.69, 9.17) is 16.3 Å². The maximum Gasteiger partial charge on any atom is 0.415 e. The quantitative estimate of drug-likeness (QED) is 0.361. The number of carbonyl (C=O) groups is 2. The summed E-state index contributed by atoms with van der Waals surface area (Å²) in [6, 6.07) is 12.2. The molecule has 0 bridgehead atoms. The lowest BCUT2D eigenvalue weighted by atomic mass is 9.93. The summed E-state index contributed by atoms with van der Waals surface area (Å²) >= 11 is 5.93. The van der Waals surface area contributed by atoms with E-state index < -0.39 is 29.6 Å². The summed E-state index contributed by atoms with van der Waals surface area (Å²) in [5, 5.41) is -0.0123. The number of halogens is 4. The van der Waals surface area contributed by atoms with Crippen LogP contribution in [0.1, 0.15) is 31.2 Å². The third-order valence-electron chi connectivity index (χ3n) is 7.85. The Hall–Kier alpha value is -3.79. The second kappa shape index (κ2) is 12.4. The maximum atomic E-state index is 14.5. The van der Waals surface area contributed by atoms with Crippen molar-refractivity contribution in [1.82, 2.24) is 14.8 Å². The van der Waals surface area contributed by atoms with Gasteiger partial charge in [0.1, 0.15) is 29.0 Å². The summed E-state index contributed by atoms with van der Waals surface area (Å²) in [6.45, 7) is 3.83. The highest BCUT2D eigenvalue weighted by Gasteiger charge is 2.43. The van der Waals surface area contributed by atoms with Crippen LogP contribution in [0.2, 0.25) is 5.02 Å². The molecule has 2 unspecified atom stereocenters. The van der Waals surface area contributed by atoms with Crippen molar-refractivity contribution >= 4 is 29.4 Å². The molecule has 0 spiro atoms. The van der Waals surface area contributed by atoms with Gasteiger partial charge in [0.15, 0.2) is 0 Å². The summed E-state index contributed by atoms with van der Waals surface area (Å²) in [5.41, 5.74) is 0.623. The topological polar surface area (TPSA) is 66.0 Å². The predicted octanol–water partition coefficient (Wildman–Crippen LogP) is 5.88. The summed E-state index contributed by atoms with van der Waals surface area (Å²) in [5.74, 6) is -1.21. The zero-order valence-electron chi connectivity index (χ0n) is 22.5. The molecule has 216 valence electrons. The highest BCUT2D eigenvalue weighted by Crippen LogP contribution is 2.35. The Morgan fingerprint density at radius 2 is 1.71 bits per heavy atom. The normalized spacial score (nSPS) is 19.3. The molecule has 41 heavy (non-hydrogen) atoms.